The van der Waals surface area contributed by atoms with Crippen molar-refractivity contribution in [3.8, 4) is 5.75 Å². The minimum absolute atomic E-state index is 0. The molecular formula is C9H11HgNNaO5. The first-order valence-corrected chi connectivity index (χ1v) is 8.35. The van der Waals surface area contributed by atoms with Crippen molar-refractivity contribution in [2.45, 2.75) is 10.9 Å². The molecule has 0 bridgehead atoms. The topological polar surface area (TPSA) is 89.7 Å². The molecule has 0 aliphatic rings. The molecule has 6 nitrogen and oxygen atoms in total. The molecule has 0 spiro atoms. The van der Waals surface area contributed by atoms with Crippen LogP contribution < -0.4 is 4.84 Å². The summed E-state index contributed by atoms with van der Waals surface area (Å²) in [5, 5.41) is 17.5. The molecule has 1 aromatic rings. The van der Waals surface area contributed by atoms with Crippen molar-refractivity contribution in [1.82, 2.24) is 0 Å². The van der Waals surface area contributed by atoms with Gasteiger partial charge in [-0.3, -0.25) is 4.84 Å². The normalized spacial score (nSPS) is 8.18. The Labute approximate surface area is 137 Å². The first-order valence-electron chi connectivity index (χ1n) is 4.46. The van der Waals surface area contributed by atoms with E-state index in [1.807, 2.05) is 0 Å². The molecule has 0 radical (unpaired) electrons. The SMILES string of the molecule is C[CH2][Hg].O=C(O)c1ccccc1O[N+](=O)[O-].[NaH]. The second kappa shape index (κ2) is 10.9. The Bertz CT molecular complexity index is 374. The van der Waals surface area contributed by atoms with E-state index >= 15 is 0 Å². The van der Waals surface area contributed by atoms with E-state index in [2.05, 4.69) is 11.8 Å². The molecule has 0 aliphatic carbocycles. The molecule has 0 saturated carbocycles. The Morgan fingerprint density at radius 3 is 2.41 bits per heavy atom. The van der Waals surface area contributed by atoms with Gasteiger partial charge in [0.05, 0.1) is 5.56 Å². The Kier molecular flexibility index (Phi) is 12.3. The molecule has 0 aromatic heterocycles. The molecule has 0 heterocycles. The van der Waals surface area contributed by atoms with Crippen LogP contribution >= 0.6 is 0 Å². The van der Waals surface area contributed by atoms with E-state index in [-0.39, 0.29) is 40.9 Å². The Balaban J connectivity index is 0. The first-order chi connectivity index (χ1) is 7.52. The fraction of sp³-hybridized carbons (Fsp3) is 0.222. The molecule has 0 amide bonds. The number of rotatable bonds is 3. The molecule has 1 N–H and O–H groups in total. The van der Waals surface area contributed by atoms with Gasteiger partial charge in [-0.05, 0) is 12.1 Å². The summed E-state index contributed by atoms with van der Waals surface area (Å²) < 4.78 is 1.44. The fourth-order valence-corrected chi connectivity index (χ4v) is 0.803. The monoisotopic (exact) mass is 438 g/mol. The van der Waals surface area contributed by atoms with Gasteiger partial charge in [-0.25, -0.2) is 4.79 Å². The zero-order chi connectivity index (χ0) is 12.6. The van der Waals surface area contributed by atoms with Crippen molar-refractivity contribution in [3.05, 3.63) is 39.9 Å². The molecule has 0 saturated heterocycles. The van der Waals surface area contributed by atoms with Crippen LogP contribution in [0.1, 0.15) is 17.3 Å². The third-order valence-corrected chi connectivity index (χ3v) is 1.29. The Morgan fingerprint density at radius 2 is 2.00 bits per heavy atom. The Hall–Kier alpha value is -0.175. The quantitative estimate of drug-likeness (QED) is 0.438. The predicted octanol–water partition coefficient (Wildman–Crippen LogP) is 1.28. The molecule has 0 fully saturated rings. The second-order valence-electron chi connectivity index (χ2n) is 2.62. The van der Waals surface area contributed by atoms with Crippen LogP contribution in [0.2, 0.25) is 3.93 Å². The van der Waals surface area contributed by atoms with Crippen LogP contribution in [0.5, 0.6) is 5.75 Å². The average molecular weight is 437 g/mol. The zero-order valence-corrected chi connectivity index (χ0v) is 14.2. The summed E-state index contributed by atoms with van der Waals surface area (Å²) in [7, 11) is 0. The number of nitrogens with zero attached hydrogens (tertiary/aromatic N) is 1. The van der Waals surface area contributed by atoms with Gasteiger partial charge in [-0.2, -0.15) is 0 Å². The van der Waals surface area contributed by atoms with Gasteiger partial charge in [0.2, 0.25) is 0 Å². The maximum atomic E-state index is 10.5. The molecule has 17 heavy (non-hydrogen) atoms. The maximum absolute atomic E-state index is 10.5. The van der Waals surface area contributed by atoms with Crippen molar-refractivity contribution < 1.29 is 45.9 Å². The number of para-hydroxylation sites is 1. The summed E-state index contributed by atoms with van der Waals surface area (Å²) in [6, 6.07) is 5.34. The van der Waals surface area contributed by atoms with E-state index in [9.17, 15) is 14.9 Å². The van der Waals surface area contributed by atoms with Crippen molar-refractivity contribution in [1.29, 1.82) is 0 Å². The summed E-state index contributed by atoms with van der Waals surface area (Å²) in [5.41, 5.74) is -0.237. The van der Waals surface area contributed by atoms with Crippen molar-refractivity contribution in [3.63, 3.8) is 0 Å². The van der Waals surface area contributed by atoms with Crippen LogP contribution in [0.25, 0.3) is 0 Å². The third kappa shape index (κ3) is 8.54. The number of carboxylic acid groups (broad SMARTS) is 1. The number of carboxylic acids is 1. The fourth-order valence-electron chi connectivity index (χ4n) is 0.803. The number of aromatic carboxylic acids is 1. The summed E-state index contributed by atoms with van der Waals surface area (Å²) in [6.45, 7) is 2.21. The van der Waals surface area contributed by atoms with Gasteiger partial charge < -0.3 is 5.11 Å². The van der Waals surface area contributed by atoms with Gasteiger partial charge in [-0.1, -0.05) is 12.1 Å². The first kappa shape index (κ1) is 19.2. The molecule has 8 heteroatoms. The van der Waals surface area contributed by atoms with Crippen LogP contribution in [0.15, 0.2) is 24.3 Å². The summed E-state index contributed by atoms with van der Waals surface area (Å²) >= 11 is 1.07. The van der Waals surface area contributed by atoms with E-state index in [0.717, 1.165) is 26.1 Å². The number of hydrogen-bond donors (Lipinski definition) is 1. The molecule has 1 rings (SSSR count). The van der Waals surface area contributed by atoms with Crippen LogP contribution in [0.3, 0.4) is 0 Å². The third-order valence-electron chi connectivity index (χ3n) is 1.29. The number of hydrogen-bond acceptors (Lipinski definition) is 4. The van der Waals surface area contributed by atoms with E-state index in [0.29, 0.717) is 0 Å². The van der Waals surface area contributed by atoms with Gasteiger partial charge in [0.1, 0.15) is 5.75 Å². The van der Waals surface area contributed by atoms with Crippen LogP contribution in [-0.2, 0) is 26.1 Å². The van der Waals surface area contributed by atoms with E-state index in [4.69, 9.17) is 5.11 Å². The molecule has 0 atom stereocenters. The van der Waals surface area contributed by atoms with Crippen molar-refractivity contribution in [2.24, 2.45) is 0 Å². The van der Waals surface area contributed by atoms with Crippen LogP contribution in [-0.4, -0.2) is 45.7 Å². The van der Waals surface area contributed by atoms with Gasteiger partial charge in [0.25, 0.3) is 5.09 Å². The molecule has 1 aromatic carbocycles. The van der Waals surface area contributed by atoms with E-state index in [1.165, 1.54) is 28.2 Å². The Morgan fingerprint density at radius 1 is 1.53 bits per heavy atom. The molecule has 0 aliphatic heterocycles. The molecule has 85 valence electrons. The van der Waals surface area contributed by atoms with Crippen LogP contribution in [0.4, 0.5) is 0 Å². The molecule has 0 unspecified atom stereocenters. The zero-order valence-electron chi connectivity index (χ0n) is 8.75. The van der Waals surface area contributed by atoms with Crippen molar-refractivity contribution >= 4 is 35.5 Å². The number of benzene rings is 1. The van der Waals surface area contributed by atoms with Gasteiger partial charge in [-0.15, -0.1) is 10.1 Å². The summed E-state index contributed by atoms with van der Waals surface area (Å²) in [5.74, 6) is -1.54. The summed E-state index contributed by atoms with van der Waals surface area (Å²) in [6.07, 6.45) is 0. The van der Waals surface area contributed by atoms with E-state index < -0.39 is 11.1 Å². The van der Waals surface area contributed by atoms with Gasteiger partial charge in [0.15, 0.2) is 0 Å². The van der Waals surface area contributed by atoms with Gasteiger partial charge >= 0.3 is 72.5 Å². The second-order valence-corrected chi connectivity index (χ2v) is 6.50. The molecular weight excluding hydrogens is 426 g/mol. The summed E-state index contributed by atoms with van der Waals surface area (Å²) in [4.78, 5) is 24.5. The minimum atomic E-state index is -1.27. The van der Waals surface area contributed by atoms with Crippen molar-refractivity contribution in [2.75, 3.05) is 0 Å². The predicted molar refractivity (Wildman–Crippen MR) is 58.7 cm³/mol. The average Bonchev–Trinajstić information content (AvgIpc) is 2.18. The van der Waals surface area contributed by atoms with E-state index in [1.54, 1.807) is 0 Å². The standard InChI is InChI=1S/C7H5NO5.C2H5.Hg.Na.H/c9-7(10)5-3-1-2-4-6(5)13-8(11)12;1-2;;;/h1-4H,(H,9,10);1H2,2H3;;;. The van der Waals surface area contributed by atoms with Gasteiger partial charge in [0, 0.05) is 0 Å². The number of carbonyl (C=O) groups is 1. The van der Waals surface area contributed by atoms with Crippen LogP contribution in [0, 0.1) is 10.1 Å².